The molecule has 1 aromatic carbocycles. The van der Waals surface area contributed by atoms with Crippen LogP contribution in [0.5, 0.6) is 0 Å². The summed E-state index contributed by atoms with van der Waals surface area (Å²) in [7, 11) is 1.58. The third-order valence-corrected chi connectivity index (χ3v) is 4.18. The van der Waals surface area contributed by atoms with Crippen LogP contribution in [0.1, 0.15) is 37.4 Å². The van der Waals surface area contributed by atoms with Gasteiger partial charge in [0, 0.05) is 26.1 Å². The van der Waals surface area contributed by atoms with Crippen molar-refractivity contribution in [2.75, 3.05) is 13.7 Å². The first-order valence-corrected chi connectivity index (χ1v) is 7.40. The lowest BCUT2D eigenvalue weighted by Gasteiger charge is -2.18. The highest BCUT2D eigenvalue weighted by atomic mass is 19.1. The number of rotatable bonds is 6. The van der Waals surface area contributed by atoms with Gasteiger partial charge in [-0.15, -0.1) is 0 Å². The minimum atomic E-state index is -0.284. The Hall–Kier alpha value is -1.46. The summed E-state index contributed by atoms with van der Waals surface area (Å²) in [5, 5.41) is 2.88. The average Bonchev–Trinajstić information content (AvgIpc) is 2.87. The molecule has 1 amide bonds. The second-order valence-corrected chi connectivity index (χ2v) is 5.64. The van der Waals surface area contributed by atoms with E-state index in [4.69, 9.17) is 10.5 Å². The predicted octanol–water partition coefficient (Wildman–Crippen LogP) is 2.15. The first kappa shape index (κ1) is 15.9. The Morgan fingerprint density at radius 1 is 1.43 bits per heavy atom. The van der Waals surface area contributed by atoms with Gasteiger partial charge in [0.15, 0.2) is 0 Å². The normalized spacial score (nSPS) is 23.0. The van der Waals surface area contributed by atoms with Crippen LogP contribution in [-0.4, -0.2) is 25.6 Å². The molecule has 0 heterocycles. The van der Waals surface area contributed by atoms with E-state index in [2.05, 4.69) is 5.32 Å². The molecular weight excluding hydrogens is 271 g/mol. The molecule has 3 atom stereocenters. The molecule has 0 spiro atoms. The minimum absolute atomic E-state index is 0.00140. The molecule has 1 aromatic rings. The zero-order valence-electron chi connectivity index (χ0n) is 12.3. The molecule has 4 nitrogen and oxygen atoms in total. The van der Waals surface area contributed by atoms with Crippen molar-refractivity contribution in [1.82, 2.24) is 5.32 Å². The van der Waals surface area contributed by atoms with E-state index in [9.17, 15) is 9.18 Å². The smallest absolute Gasteiger partial charge is 0.220 e. The summed E-state index contributed by atoms with van der Waals surface area (Å²) in [5.41, 5.74) is 6.82. The topological polar surface area (TPSA) is 64.3 Å². The van der Waals surface area contributed by atoms with Crippen molar-refractivity contribution in [3.63, 3.8) is 0 Å². The number of ether oxygens (including phenoxy) is 1. The van der Waals surface area contributed by atoms with E-state index in [1.807, 2.05) is 0 Å². The number of nitrogens with two attached hydrogens (primary N) is 1. The first-order chi connectivity index (χ1) is 10.1. The van der Waals surface area contributed by atoms with Gasteiger partial charge in [-0.25, -0.2) is 4.39 Å². The fourth-order valence-electron chi connectivity index (χ4n) is 2.85. The first-order valence-electron chi connectivity index (χ1n) is 7.40. The van der Waals surface area contributed by atoms with Crippen molar-refractivity contribution in [3.8, 4) is 0 Å². The van der Waals surface area contributed by atoms with Crippen LogP contribution in [-0.2, 0) is 9.53 Å². The molecule has 116 valence electrons. The number of hydrogen-bond acceptors (Lipinski definition) is 3. The van der Waals surface area contributed by atoms with Crippen LogP contribution in [0.4, 0.5) is 4.39 Å². The summed E-state index contributed by atoms with van der Waals surface area (Å²) in [6.45, 7) is 0.378. The van der Waals surface area contributed by atoms with Crippen LogP contribution in [0, 0.1) is 11.7 Å². The van der Waals surface area contributed by atoms with E-state index in [1.165, 1.54) is 12.1 Å². The van der Waals surface area contributed by atoms with Gasteiger partial charge >= 0.3 is 0 Å². The van der Waals surface area contributed by atoms with E-state index >= 15 is 0 Å². The van der Waals surface area contributed by atoms with E-state index in [1.54, 1.807) is 19.2 Å². The van der Waals surface area contributed by atoms with Crippen molar-refractivity contribution < 1.29 is 13.9 Å². The highest BCUT2D eigenvalue weighted by Gasteiger charge is 2.26. The van der Waals surface area contributed by atoms with Gasteiger partial charge in [-0.2, -0.15) is 0 Å². The Balaban J connectivity index is 1.82. The predicted molar refractivity (Wildman–Crippen MR) is 79.1 cm³/mol. The summed E-state index contributed by atoms with van der Waals surface area (Å²) >= 11 is 0. The third-order valence-electron chi connectivity index (χ3n) is 4.18. The summed E-state index contributed by atoms with van der Waals surface area (Å²) < 4.78 is 18.3. The highest BCUT2D eigenvalue weighted by molar-refractivity contribution is 5.76. The molecular formula is C16H23FN2O2. The molecule has 1 aliphatic carbocycles. The van der Waals surface area contributed by atoms with Crippen molar-refractivity contribution in [1.29, 1.82) is 0 Å². The van der Waals surface area contributed by atoms with E-state index in [0.717, 1.165) is 24.8 Å². The van der Waals surface area contributed by atoms with Crippen molar-refractivity contribution in [2.45, 2.75) is 37.8 Å². The number of nitrogens with one attached hydrogen (secondary N) is 1. The second-order valence-electron chi connectivity index (χ2n) is 5.64. The number of amides is 1. The Bertz CT molecular complexity index is 464. The van der Waals surface area contributed by atoms with Gasteiger partial charge in [0.05, 0.1) is 6.10 Å². The number of halogens is 1. The van der Waals surface area contributed by atoms with Crippen molar-refractivity contribution in [2.24, 2.45) is 11.7 Å². The standard InChI is InChI=1S/C16H23FN2O2/c1-21-15(11-5-7-13(17)8-6-11)10-19-16(20)9-12-3-2-4-14(12)18/h5-8,12,14-15H,2-4,9-10,18H2,1H3,(H,19,20)/t12-,14+,15?/m0/s1. The van der Waals surface area contributed by atoms with Crippen molar-refractivity contribution in [3.05, 3.63) is 35.6 Å². The van der Waals surface area contributed by atoms with Gasteiger partial charge in [0.1, 0.15) is 5.82 Å². The molecule has 1 saturated carbocycles. The highest BCUT2D eigenvalue weighted by Crippen LogP contribution is 2.26. The van der Waals surface area contributed by atoms with Crippen LogP contribution in [0.15, 0.2) is 24.3 Å². The summed E-state index contributed by atoms with van der Waals surface area (Å²) in [4.78, 5) is 12.0. The van der Waals surface area contributed by atoms with E-state index < -0.39 is 0 Å². The molecule has 0 bridgehead atoms. The quantitative estimate of drug-likeness (QED) is 0.845. The van der Waals surface area contributed by atoms with Crippen LogP contribution >= 0.6 is 0 Å². The third kappa shape index (κ3) is 4.51. The van der Waals surface area contributed by atoms with Gasteiger partial charge in [0.2, 0.25) is 5.91 Å². The maximum atomic E-state index is 12.9. The Kier molecular flexibility index (Phi) is 5.70. The number of methoxy groups -OCH3 is 1. The maximum absolute atomic E-state index is 12.9. The molecule has 1 fully saturated rings. The molecule has 0 radical (unpaired) electrons. The van der Waals surface area contributed by atoms with Gasteiger partial charge in [-0.3, -0.25) is 4.79 Å². The molecule has 0 saturated heterocycles. The molecule has 1 aliphatic rings. The number of benzene rings is 1. The van der Waals surface area contributed by atoms with Crippen LogP contribution in [0.3, 0.4) is 0 Å². The van der Waals surface area contributed by atoms with Gasteiger partial charge in [-0.05, 0) is 36.5 Å². The molecule has 3 N–H and O–H groups in total. The lowest BCUT2D eigenvalue weighted by atomic mass is 10.00. The van der Waals surface area contributed by atoms with Crippen molar-refractivity contribution >= 4 is 5.91 Å². The number of carbonyl (C=O) groups excluding carboxylic acids is 1. The number of carbonyl (C=O) groups is 1. The maximum Gasteiger partial charge on any atom is 0.220 e. The molecule has 21 heavy (non-hydrogen) atoms. The van der Waals surface area contributed by atoms with Crippen LogP contribution in [0.2, 0.25) is 0 Å². The van der Waals surface area contributed by atoms with E-state index in [-0.39, 0.29) is 29.8 Å². The van der Waals surface area contributed by atoms with Crippen LogP contribution < -0.4 is 11.1 Å². The minimum Gasteiger partial charge on any atom is -0.375 e. The largest absolute Gasteiger partial charge is 0.375 e. The molecule has 0 aromatic heterocycles. The fraction of sp³-hybridized carbons (Fsp3) is 0.562. The Labute approximate surface area is 124 Å². The van der Waals surface area contributed by atoms with Gasteiger partial charge in [-0.1, -0.05) is 18.6 Å². The Morgan fingerprint density at radius 2 is 2.14 bits per heavy atom. The average molecular weight is 294 g/mol. The fourth-order valence-corrected chi connectivity index (χ4v) is 2.85. The summed E-state index contributed by atoms with van der Waals surface area (Å²) in [5.74, 6) is 0.00573. The number of hydrogen-bond donors (Lipinski definition) is 2. The second kappa shape index (κ2) is 7.52. The lowest BCUT2D eigenvalue weighted by Crippen LogP contribution is -2.34. The molecule has 1 unspecified atom stereocenters. The monoisotopic (exact) mass is 294 g/mol. The SMILES string of the molecule is COC(CNC(=O)C[C@@H]1CCC[C@H]1N)c1ccc(F)cc1. The Morgan fingerprint density at radius 3 is 2.71 bits per heavy atom. The lowest BCUT2D eigenvalue weighted by molar-refractivity contribution is -0.122. The summed E-state index contributed by atoms with van der Waals surface area (Å²) in [6, 6.07) is 6.26. The van der Waals surface area contributed by atoms with Crippen LogP contribution in [0.25, 0.3) is 0 Å². The summed E-state index contributed by atoms with van der Waals surface area (Å²) in [6.07, 6.45) is 3.34. The molecule has 2 rings (SSSR count). The zero-order valence-corrected chi connectivity index (χ0v) is 12.3. The van der Waals surface area contributed by atoms with Gasteiger partial charge in [0.25, 0.3) is 0 Å². The molecule has 5 heteroatoms. The van der Waals surface area contributed by atoms with E-state index in [0.29, 0.717) is 13.0 Å². The zero-order chi connectivity index (χ0) is 15.2. The molecule has 0 aliphatic heterocycles. The van der Waals surface area contributed by atoms with Gasteiger partial charge < -0.3 is 15.8 Å².